The molecule has 7 nitrogen and oxygen atoms in total. The second-order valence-electron chi connectivity index (χ2n) is 6.73. The van der Waals surface area contributed by atoms with Gasteiger partial charge in [-0.15, -0.1) is 0 Å². The lowest BCUT2D eigenvalue weighted by molar-refractivity contribution is 0.271. The van der Waals surface area contributed by atoms with Crippen LogP contribution in [0.25, 0.3) is 10.9 Å². The molecule has 0 saturated heterocycles. The summed E-state index contributed by atoms with van der Waals surface area (Å²) < 4.78 is 35.6. The average molecular weight is 434 g/mol. The van der Waals surface area contributed by atoms with Crippen LogP contribution in [0.1, 0.15) is 12.8 Å². The first-order chi connectivity index (χ1) is 14.0. The summed E-state index contributed by atoms with van der Waals surface area (Å²) in [5.74, 6) is 1.93. The van der Waals surface area contributed by atoms with Crippen molar-refractivity contribution < 1.29 is 17.9 Å². The predicted molar refractivity (Wildman–Crippen MR) is 113 cm³/mol. The van der Waals surface area contributed by atoms with E-state index >= 15 is 0 Å². The van der Waals surface area contributed by atoms with Crippen molar-refractivity contribution in [2.75, 3.05) is 30.0 Å². The third-order valence-corrected chi connectivity index (χ3v) is 6.56. The molecule has 0 fully saturated rings. The van der Waals surface area contributed by atoms with E-state index < -0.39 is 9.84 Å². The number of fused-ring (bicyclic) bond motifs is 2. The highest BCUT2D eigenvalue weighted by molar-refractivity contribution is 7.91. The molecule has 0 saturated carbocycles. The van der Waals surface area contributed by atoms with Crippen molar-refractivity contribution in [1.82, 2.24) is 9.97 Å². The molecular formula is C20H20ClN3O4S. The maximum atomic E-state index is 12.0. The van der Waals surface area contributed by atoms with E-state index in [1.54, 1.807) is 18.2 Å². The van der Waals surface area contributed by atoms with E-state index in [2.05, 4.69) is 15.3 Å². The fourth-order valence-electron chi connectivity index (χ4n) is 3.12. The number of nitrogens with zero attached hydrogens (tertiary/aromatic N) is 2. The van der Waals surface area contributed by atoms with Gasteiger partial charge in [-0.05, 0) is 37.1 Å². The molecule has 2 heterocycles. The lowest BCUT2D eigenvalue weighted by Crippen LogP contribution is -2.14. The number of benzene rings is 2. The Morgan fingerprint density at radius 2 is 1.69 bits per heavy atom. The summed E-state index contributed by atoms with van der Waals surface area (Å²) in [6.07, 6.45) is 2.34. The smallest absolute Gasteiger partial charge is 0.163 e. The third kappa shape index (κ3) is 4.89. The van der Waals surface area contributed by atoms with Gasteiger partial charge >= 0.3 is 0 Å². The molecular weight excluding hydrogens is 414 g/mol. The van der Waals surface area contributed by atoms with Gasteiger partial charge in [0.05, 0.1) is 30.2 Å². The maximum absolute atomic E-state index is 12.0. The lowest BCUT2D eigenvalue weighted by atomic mass is 10.2. The standard InChI is InChI=1S/C20H20ClN3O4S/c21-14-4-1-5-15(10-14)24-20-16-11-18-19(12-17(16)22-13-23-20)28-7-3-9-29(25,26)8-2-6-27-18/h1,4-5,10-13H,2-3,6-9H2,(H,22,23,24). The monoisotopic (exact) mass is 433 g/mol. The molecule has 2 aromatic carbocycles. The van der Waals surface area contributed by atoms with Crippen LogP contribution in [0.15, 0.2) is 42.7 Å². The van der Waals surface area contributed by atoms with Crippen molar-refractivity contribution in [1.29, 1.82) is 0 Å². The predicted octanol–water partition coefficient (Wildman–Crippen LogP) is 3.99. The first-order valence-corrected chi connectivity index (χ1v) is 11.5. The Labute approximate surface area is 173 Å². The van der Waals surface area contributed by atoms with Gasteiger partial charge in [-0.2, -0.15) is 0 Å². The zero-order valence-electron chi connectivity index (χ0n) is 15.6. The molecule has 152 valence electrons. The molecule has 0 bridgehead atoms. The molecule has 1 aromatic heterocycles. The summed E-state index contributed by atoms with van der Waals surface area (Å²) in [4.78, 5) is 8.69. The SMILES string of the molecule is O=S1(=O)CCCOc2cc3ncnc(Nc4cccc(Cl)c4)c3cc2OCCC1. The Bertz CT molecular complexity index is 1140. The van der Waals surface area contributed by atoms with Crippen LogP contribution in [0.3, 0.4) is 0 Å². The number of nitrogens with one attached hydrogen (secondary N) is 1. The lowest BCUT2D eigenvalue weighted by Gasteiger charge is -2.14. The van der Waals surface area contributed by atoms with Gasteiger partial charge in [0.15, 0.2) is 21.3 Å². The zero-order chi connectivity index (χ0) is 20.3. The summed E-state index contributed by atoms with van der Waals surface area (Å²) in [5, 5.41) is 4.63. The van der Waals surface area contributed by atoms with Crippen molar-refractivity contribution in [2.24, 2.45) is 0 Å². The average Bonchev–Trinajstić information content (AvgIpc) is 2.71. The summed E-state index contributed by atoms with van der Waals surface area (Å²) >= 11 is 6.07. The first-order valence-electron chi connectivity index (χ1n) is 9.27. The number of sulfone groups is 1. The van der Waals surface area contributed by atoms with Gasteiger partial charge in [-0.3, -0.25) is 0 Å². The van der Waals surface area contributed by atoms with Crippen LogP contribution in [0.4, 0.5) is 11.5 Å². The van der Waals surface area contributed by atoms with Crippen molar-refractivity contribution in [3.8, 4) is 11.5 Å². The van der Waals surface area contributed by atoms with E-state index in [0.29, 0.717) is 47.3 Å². The van der Waals surface area contributed by atoms with Gasteiger partial charge in [0, 0.05) is 22.2 Å². The van der Waals surface area contributed by atoms with Crippen LogP contribution in [-0.4, -0.2) is 43.1 Å². The molecule has 0 amide bonds. The van der Waals surface area contributed by atoms with Crippen molar-refractivity contribution >= 4 is 43.8 Å². The molecule has 29 heavy (non-hydrogen) atoms. The molecule has 1 N–H and O–H groups in total. The second kappa shape index (κ2) is 8.42. The molecule has 0 radical (unpaired) electrons. The van der Waals surface area contributed by atoms with Gasteiger partial charge in [-0.1, -0.05) is 17.7 Å². The van der Waals surface area contributed by atoms with E-state index in [1.165, 1.54) is 6.33 Å². The van der Waals surface area contributed by atoms with Gasteiger partial charge in [-0.25, -0.2) is 18.4 Å². The Hall–Kier alpha value is -2.58. The number of hydrogen-bond donors (Lipinski definition) is 1. The van der Waals surface area contributed by atoms with Gasteiger partial charge in [0.25, 0.3) is 0 Å². The van der Waals surface area contributed by atoms with E-state index in [1.807, 2.05) is 18.2 Å². The number of ether oxygens (including phenoxy) is 2. The highest BCUT2D eigenvalue weighted by atomic mass is 35.5. The Morgan fingerprint density at radius 3 is 2.41 bits per heavy atom. The second-order valence-corrected chi connectivity index (χ2v) is 9.47. The quantitative estimate of drug-likeness (QED) is 0.653. The molecule has 1 aliphatic heterocycles. The number of anilines is 2. The summed E-state index contributed by atoms with van der Waals surface area (Å²) in [6, 6.07) is 11.0. The minimum atomic E-state index is -3.07. The van der Waals surface area contributed by atoms with E-state index in [-0.39, 0.29) is 18.1 Å². The van der Waals surface area contributed by atoms with Crippen molar-refractivity contribution in [3.63, 3.8) is 0 Å². The zero-order valence-corrected chi connectivity index (χ0v) is 17.2. The maximum Gasteiger partial charge on any atom is 0.163 e. The van der Waals surface area contributed by atoms with Gasteiger partial charge < -0.3 is 14.8 Å². The summed E-state index contributed by atoms with van der Waals surface area (Å²) in [5.41, 5.74) is 1.49. The molecule has 9 heteroatoms. The van der Waals surface area contributed by atoms with E-state index in [0.717, 1.165) is 11.1 Å². The Morgan fingerprint density at radius 1 is 0.966 bits per heavy atom. The third-order valence-electron chi connectivity index (χ3n) is 4.50. The van der Waals surface area contributed by atoms with E-state index in [9.17, 15) is 8.42 Å². The number of rotatable bonds is 2. The van der Waals surface area contributed by atoms with Crippen molar-refractivity contribution in [2.45, 2.75) is 12.8 Å². The molecule has 1 aliphatic rings. The van der Waals surface area contributed by atoms with Crippen LogP contribution >= 0.6 is 11.6 Å². The fraction of sp³-hybridized carbons (Fsp3) is 0.300. The largest absolute Gasteiger partial charge is 0.490 e. The molecule has 0 unspecified atom stereocenters. The van der Waals surface area contributed by atoms with Crippen LogP contribution in [0.5, 0.6) is 11.5 Å². The molecule has 3 aromatic rings. The topological polar surface area (TPSA) is 90.4 Å². The van der Waals surface area contributed by atoms with Crippen LogP contribution in [0.2, 0.25) is 5.02 Å². The van der Waals surface area contributed by atoms with Crippen LogP contribution in [0, 0.1) is 0 Å². The summed E-state index contributed by atoms with van der Waals surface area (Å²) in [6.45, 7) is 0.575. The highest BCUT2D eigenvalue weighted by Crippen LogP contribution is 2.35. The minimum Gasteiger partial charge on any atom is -0.490 e. The molecule has 4 rings (SSSR count). The van der Waals surface area contributed by atoms with Gasteiger partial charge in [0.1, 0.15) is 12.1 Å². The fourth-order valence-corrected chi connectivity index (χ4v) is 4.63. The highest BCUT2D eigenvalue weighted by Gasteiger charge is 2.16. The van der Waals surface area contributed by atoms with Crippen molar-refractivity contribution in [3.05, 3.63) is 47.7 Å². The van der Waals surface area contributed by atoms with Crippen LogP contribution in [-0.2, 0) is 9.84 Å². The van der Waals surface area contributed by atoms with Gasteiger partial charge in [0.2, 0.25) is 0 Å². The Kier molecular flexibility index (Phi) is 5.73. The van der Waals surface area contributed by atoms with E-state index in [4.69, 9.17) is 21.1 Å². The summed E-state index contributed by atoms with van der Waals surface area (Å²) in [7, 11) is -3.07. The number of aromatic nitrogens is 2. The first kappa shape index (κ1) is 19.7. The molecule has 0 aliphatic carbocycles. The molecule has 0 spiro atoms. The normalized spacial score (nSPS) is 16.7. The molecule has 0 atom stereocenters. The Balaban J connectivity index is 1.68. The minimum absolute atomic E-state index is 0.112. The van der Waals surface area contributed by atoms with Crippen LogP contribution < -0.4 is 14.8 Å². The number of hydrogen-bond acceptors (Lipinski definition) is 7. The number of halogens is 1.